The predicted octanol–water partition coefficient (Wildman–Crippen LogP) is 4.59. The van der Waals surface area contributed by atoms with Crippen molar-refractivity contribution in [3.63, 3.8) is 0 Å². The molecule has 2 aromatic rings. The SMILES string of the molecule is CC1CCCN1C(=O)OCC1CCc2c(sc(NC(=O)C=Cc3ccoc3)c2C#N)C1. The first kappa shape index (κ1) is 21.2. The number of carbonyl (C=O) groups excluding carboxylic acids is 2. The van der Waals surface area contributed by atoms with Crippen molar-refractivity contribution in [3.8, 4) is 6.07 Å². The van der Waals surface area contributed by atoms with Gasteiger partial charge in [-0.1, -0.05) is 0 Å². The number of ether oxygens (including phenoxy) is 1. The molecule has 2 amide bonds. The Morgan fingerprint density at radius 2 is 2.32 bits per heavy atom. The highest BCUT2D eigenvalue weighted by Crippen LogP contribution is 2.39. The maximum atomic E-state index is 12.3. The number of fused-ring (bicyclic) bond motifs is 1. The van der Waals surface area contributed by atoms with Crippen LogP contribution in [0.15, 0.2) is 29.1 Å². The van der Waals surface area contributed by atoms with E-state index in [2.05, 4.69) is 18.3 Å². The molecule has 0 saturated carbocycles. The van der Waals surface area contributed by atoms with Crippen LogP contribution in [-0.4, -0.2) is 36.1 Å². The fourth-order valence-electron chi connectivity index (χ4n) is 4.17. The molecule has 0 radical (unpaired) electrons. The van der Waals surface area contributed by atoms with E-state index in [0.29, 0.717) is 17.2 Å². The summed E-state index contributed by atoms with van der Waals surface area (Å²) in [6.07, 6.45) is 10.4. The third-order valence-corrected chi connectivity index (χ3v) is 7.09. The van der Waals surface area contributed by atoms with E-state index < -0.39 is 0 Å². The van der Waals surface area contributed by atoms with Gasteiger partial charge in [0.1, 0.15) is 11.1 Å². The van der Waals surface area contributed by atoms with Crippen molar-refractivity contribution in [1.82, 2.24) is 4.90 Å². The highest BCUT2D eigenvalue weighted by Gasteiger charge is 2.29. The molecule has 2 unspecified atom stereocenters. The molecule has 4 rings (SSSR count). The fourth-order valence-corrected chi connectivity index (χ4v) is 5.49. The van der Waals surface area contributed by atoms with E-state index >= 15 is 0 Å². The molecule has 0 spiro atoms. The molecule has 1 saturated heterocycles. The molecule has 0 bridgehead atoms. The summed E-state index contributed by atoms with van der Waals surface area (Å²) >= 11 is 1.44. The molecule has 2 aliphatic rings. The van der Waals surface area contributed by atoms with Crippen molar-refractivity contribution in [2.75, 3.05) is 18.5 Å². The molecule has 0 aromatic carbocycles. The summed E-state index contributed by atoms with van der Waals surface area (Å²) in [6.45, 7) is 3.20. The Morgan fingerprint density at radius 3 is 3.03 bits per heavy atom. The molecule has 1 aliphatic carbocycles. The average Bonchev–Trinajstić information content (AvgIpc) is 3.50. The van der Waals surface area contributed by atoms with E-state index in [-0.39, 0.29) is 24.0 Å². The minimum atomic E-state index is -0.290. The lowest BCUT2D eigenvalue weighted by Crippen LogP contribution is -2.35. The van der Waals surface area contributed by atoms with Crippen molar-refractivity contribution < 1.29 is 18.7 Å². The summed E-state index contributed by atoms with van der Waals surface area (Å²) in [6, 6.07) is 4.25. The Labute approximate surface area is 185 Å². The van der Waals surface area contributed by atoms with Gasteiger partial charge < -0.3 is 19.4 Å². The number of thiophene rings is 1. The molecular weight excluding hydrogens is 414 g/mol. The van der Waals surface area contributed by atoms with Gasteiger partial charge in [0, 0.05) is 29.1 Å². The van der Waals surface area contributed by atoms with Crippen LogP contribution in [0.3, 0.4) is 0 Å². The van der Waals surface area contributed by atoms with Crippen molar-refractivity contribution in [2.45, 2.75) is 45.1 Å². The summed E-state index contributed by atoms with van der Waals surface area (Å²) in [7, 11) is 0. The van der Waals surface area contributed by atoms with Gasteiger partial charge >= 0.3 is 6.09 Å². The predicted molar refractivity (Wildman–Crippen MR) is 118 cm³/mol. The highest BCUT2D eigenvalue weighted by atomic mass is 32.1. The van der Waals surface area contributed by atoms with Gasteiger partial charge in [0.15, 0.2) is 0 Å². The minimum absolute atomic E-state index is 0.225. The van der Waals surface area contributed by atoms with Crippen LogP contribution in [-0.2, 0) is 22.4 Å². The van der Waals surface area contributed by atoms with Crippen molar-refractivity contribution in [2.24, 2.45) is 5.92 Å². The van der Waals surface area contributed by atoms with Crippen LogP contribution in [0.4, 0.5) is 9.80 Å². The molecule has 2 aromatic heterocycles. The fraction of sp³-hybridized carbons (Fsp3) is 0.435. The second kappa shape index (κ2) is 9.40. The maximum absolute atomic E-state index is 12.3. The zero-order chi connectivity index (χ0) is 21.8. The normalized spacial score (nSPS) is 20.5. The Hall–Kier alpha value is -3.05. The minimum Gasteiger partial charge on any atom is -0.472 e. The van der Waals surface area contributed by atoms with Crippen LogP contribution in [0.2, 0.25) is 0 Å². The van der Waals surface area contributed by atoms with E-state index in [1.807, 2.05) is 0 Å². The average molecular weight is 440 g/mol. The van der Waals surface area contributed by atoms with Crippen LogP contribution in [0.1, 0.15) is 47.8 Å². The summed E-state index contributed by atoms with van der Waals surface area (Å²) in [5.74, 6) is -0.0643. The van der Waals surface area contributed by atoms with Crippen LogP contribution >= 0.6 is 11.3 Å². The molecule has 7 nitrogen and oxygen atoms in total. The number of nitriles is 1. The second-order valence-electron chi connectivity index (χ2n) is 8.07. The molecule has 8 heteroatoms. The topological polar surface area (TPSA) is 95.6 Å². The molecule has 162 valence electrons. The zero-order valence-corrected chi connectivity index (χ0v) is 18.2. The van der Waals surface area contributed by atoms with Gasteiger partial charge in [-0.3, -0.25) is 4.79 Å². The maximum Gasteiger partial charge on any atom is 0.410 e. The summed E-state index contributed by atoms with van der Waals surface area (Å²) in [4.78, 5) is 27.5. The molecule has 3 heterocycles. The lowest BCUT2D eigenvalue weighted by molar-refractivity contribution is -0.111. The van der Waals surface area contributed by atoms with Crippen LogP contribution < -0.4 is 5.32 Å². The van der Waals surface area contributed by atoms with Gasteiger partial charge in [-0.15, -0.1) is 11.3 Å². The number of carbonyl (C=O) groups is 2. The Morgan fingerprint density at radius 1 is 1.45 bits per heavy atom. The smallest absolute Gasteiger partial charge is 0.410 e. The number of nitrogens with one attached hydrogen (secondary N) is 1. The zero-order valence-electron chi connectivity index (χ0n) is 17.4. The Kier molecular flexibility index (Phi) is 6.42. The number of furan rings is 1. The van der Waals surface area contributed by atoms with Gasteiger partial charge in [0.2, 0.25) is 5.91 Å². The number of likely N-dealkylation sites (tertiary alicyclic amines) is 1. The van der Waals surface area contributed by atoms with Crippen LogP contribution in [0, 0.1) is 17.2 Å². The first-order chi connectivity index (χ1) is 15.0. The highest BCUT2D eigenvalue weighted by molar-refractivity contribution is 7.16. The lowest BCUT2D eigenvalue weighted by atomic mass is 9.88. The number of hydrogen-bond donors (Lipinski definition) is 1. The number of rotatable bonds is 5. The largest absolute Gasteiger partial charge is 0.472 e. The van der Waals surface area contributed by atoms with Gasteiger partial charge in [-0.05, 0) is 62.7 Å². The van der Waals surface area contributed by atoms with Gasteiger partial charge in [-0.2, -0.15) is 5.26 Å². The Balaban J connectivity index is 1.37. The van der Waals surface area contributed by atoms with Crippen molar-refractivity contribution in [3.05, 3.63) is 46.2 Å². The summed E-state index contributed by atoms with van der Waals surface area (Å²) in [5, 5.41) is 13.1. The molecule has 1 N–H and O–H groups in total. The van der Waals surface area contributed by atoms with E-state index in [9.17, 15) is 14.9 Å². The van der Waals surface area contributed by atoms with Gasteiger partial charge in [-0.25, -0.2) is 4.79 Å². The number of anilines is 1. The van der Waals surface area contributed by atoms with Crippen LogP contribution in [0.5, 0.6) is 0 Å². The number of nitrogens with zero attached hydrogens (tertiary/aromatic N) is 2. The van der Waals surface area contributed by atoms with Crippen LogP contribution in [0.25, 0.3) is 6.08 Å². The lowest BCUT2D eigenvalue weighted by Gasteiger charge is -2.25. The Bertz CT molecular complexity index is 1020. The third kappa shape index (κ3) is 4.83. The second-order valence-corrected chi connectivity index (χ2v) is 9.17. The van der Waals surface area contributed by atoms with Crippen molar-refractivity contribution >= 4 is 34.4 Å². The van der Waals surface area contributed by atoms with E-state index in [1.54, 1.807) is 23.3 Å². The summed E-state index contributed by atoms with van der Waals surface area (Å²) in [5.41, 5.74) is 2.35. The van der Waals surface area contributed by atoms with E-state index in [4.69, 9.17) is 9.15 Å². The standard InChI is InChI=1S/C23H25N3O4S/c1-15-3-2-9-26(15)23(28)30-14-17-4-6-18-19(12-24)22(31-20(18)11-17)25-21(27)7-5-16-8-10-29-13-16/h5,7-8,10,13,15,17H,2-4,6,9,11,14H2,1H3,(H,25,27). The molecule has 1 fully saturated rings. The first-order valence-corrected chi connectivity index (χ1v) is 11.4. The molecular formula is C23H25N3O4S. The first-order valence-electron chi connectivity index (χ1n) is 10.5. The third-order valence-electron chi connectivity index (χ3n) is 5.92. The van der Waals surface area contributed by atoms with E-state index in [1.165, 1.54) is 23.7 Å². The van der Waals surface area contributed by atoms with Gasteiger partial charge in [0.05, 0.1) is 24.7 Å². The molecule has 31 heavy (non-hydrogen) atoms. The summed E-state index contributed by atoms with van der Waals surface area (Å²) < 4.78 is 10.6. The number of amides is 2. The quantitative estimate of drug-likeness (QED) is 0.688. The monoisotopic (exact) mass is 439 g/mol. The van der Waals surface area contributed by atoms with Crippen molar-refractivity contribution in [1.29, 1.82) is 5.26 Å². The number of hydrogen-bond acceptors (Lipinski definition) is 6. The van der Waals surface area contributed by atoms with E-state index in [0.717, 1.165) is 54.7 Å². The van der Waals surface area contributed by atoms with Gasteiger partial charge in [0.25, 0.3) is 0 Å². The molecule has 2 atom stereocenters. The molecule has 1 aliphatic heterocycles.